The van der Waals surface area contributed by atoms with E-state index in [-0.39, 0.29) is 24.1 Å². The van der Waals surface area contributed by atoms with Crippen molar-refractivity contribution in [2.24, 2.45) is 0 Å². The van der Waals surface area contributed by atoms with Gasteiger partial charge < -0.3 is 20.1 Å². The van der Waals surface area contributed by atoms with Crippen LogP contribution in [0.5, 0.6) is 5.75 Å². The molecule has 1 heterocycles. The second-order valence-electron chi connectivity index (χ2n) is 6.93. The first-order valence-electron chi connectivity index (χ1n) is 9.36. The summed E-state index contributed by atoms with van der Waals surface area (Å²) in [6, 6.07) is 11.3. The van der Waals surface area contributed by atoms with E-state index in [0.29, 0.717) is 49.1 Å². The Morgan fingerprint density at radius 1 is 1.17 bits per heavy atom. The molecule has 154 valence electrons. The van der Waals surface area contributed by atoms with Crippen molar-refractivity contribution in [3.05, 3.63) is 58.6 Å². The van der Waals surface area contributed by atoms with Crippen molar-refractivity contribution in [3.8, 4) is 5.75 Å². The van der Waals surface area contributed by atoms with E-state index in [2.05, 4.69) is 5.32 Å². The molecule has 29 heavy (non-hydrogen) atoms. The van der Waals surface area contributed by atoms with Crippen LogP contribution in [-0.2, 0) is 16.1 Å². The first-order chi connectivity index (χ1) is 13.9. The van der Waals surface area contributed by atoms with Gasteiger partial charge >= 0.3 is 0 Å². The molecule has 7 nitrogen and oxygen atoms in total. The van der Waals surface area contributed by atoms with Crippen molar-refractivity contribution >= 4 is 29.1 Å². The topological polar surface area (TPSA) is 82.1 Å². The molecule has 0 aromatic heterocycles. The first kappa shape index (κ1) is 21.1. The molecule has 1 saturated heterocycles. The molecule has 2 N–H and O–H groups in total. The second kappa shape index (κ2) is 9.73. The normalized spacial score (nSPS) is 14.1. The van der Waals surface area contributed by atoms with Gasteiger partial charge in [-0.3, -0.25) is 14.5 Å². The lowest BCUT2D eigenvalue weighted by Crippen LogP contribution is -2.45. The molecule has 0 radical (unpaired) electrons. The fourth-order valence-corrected chi connectivity index (χ4v) is 3.35. The summed E-state index contributed by atoms with van der Waals surface area (Å²) >= 11 is 6.39. The number of anilines is 1. The fourth-order valence-electron chi connectivity index (χ4n) is 3.11. The molecular weight excluding hydrogens is 394 g/mol. The number of phenolic OH excluding ortho intramolecular Hbond substituents is 1. The van der Waals surface area contributed by atoms with E-state index in [1.807, 2.05) is 11.9 Å². The molecule has 1 fully saturated rings. The number of benzene rings is 2. The highest BCUT2D eigenvalue weighted by atomic mass is 35.5. The largest absolute Gasteiger partial charge is 0.508 e. The van der Waals surface area contributed by atoms with Gasteiger partial charge in [0.1, 0.15) is 5.75 Å². The summed E-state index contributed by atoms with van der Waals surface area (Å²) in [5.41, 5.74) is 1.74. The van der Waals surface area contributed by atoms with Gasteiger partial charge in [0.2, 0.25) is 5.91 Å². The lowest BCUT2D eigenvalue weighted by Gasteiger charge is -2.29. The van der Waals surface area contributed by atoms with Gasteiger partial charge in [-0.1, -0.05) is 17.7 Å². The predicted octanol–water partition coefficient (Wildman–Crippen LogP) is 2.59. The molecule has 0 unspecified atom stereocenters. The van der Waals surface area contributed by atoms with Gasteiger partial charge in [0.25, 0.3) is 5.91 Å². The fraction of sp³-hybridized carbons (Fsp3) is 0.333. The van der Waals surface area contributed by atoms with Crippen LogP contribution in [0.15, 0.2) is 42.5 Å². The van der Waals surface area contributed by atoms with Gasteiger partial charge in [-0.2, -0.15) is 0 Å². The molecule has 1 aliphatic heterocycles. The maximum Gasteiger partial charge on any atom is 0.255 e. The van der Waals surface area contributed by atoms with E-state index in [1.54, 1.807) is 35.2 Å². The number of amides is 2. The minimum atomic E-state index is -0.305. The molecule has 0 aliphatic carbocycles. The number of aromatic hydroxyl groups is 1. The Labute approximate surface area is 174 Å². The molecule has 2 amide bonds. The monoisotopic (exact) mass is 417 g/mol. The number of morpholine rings is 1. The lowest BCUT2D eigenvalue weighted by atomic mass is 10.1. The van der Waals surface area contributed by atoms with Gasteiger partial charge in [-0.05, 0) is 43.4 Å². The van der Waals surface area contributed by atoms with Crippen molar-refractivity contribution < 1.29 is 19.4 Å². The Hall–Kier alpha value is -2.61. The van der Waals surface area contributed by atoms with Gasteiger partial charge in [-0.15, -0.1) is 0 Å². The number of carbonyl (C=O) groups excluding carboxylic acids is 2. The Kier molecular flexibility index (Phi) is 7.09. The van der Waals surface area contributed by atoms with Crippen LogP contribution in [0.25, 0.3) is 0 Å². The summed E-state index contributed by atoms with van der Waals surface area (Å²) in [5.74, 6) is -0.172. The van der Waals surface area contributed by atoms with Crippen molar-refractivity contribution in [3.63, 3.8) is 0 Å². The number of halogens is 1. The van der Waals surface area contributed by atoms with Crippen LogP contribution < -0.4 is 5.32 Å². The summed E-state index contributed by atoms with van der Waals surface area (Å²) in [7, 11) is 1.84. The third kappa shape index (κ3) is 5.69. The standard InChI is InChI=1S/C21H24ClN3O4/c1-24(14-20(27)25-9-11-29-12-10-25)13-17-18(22)3-2-4-19(17)23-21(28)15-5-7-16(26)8-6-15/h2-8,26H,9-14H2,1H3,(H,23,28). The minimum Gasteiger partial charge on any atom is -0.508 e. The number of nitrogens with zero attached hydrogens (tertiary/aromatic N) is 2. The number of hydrogen-bond acceptors (Lipinski definition) is 5. The number of ether oxygens (including phenoxy) is 1. The van der Waals surface area contributed by atoms with Crippen LogP contribution in [0.2, 0.25) is 5.02 Å². The van der Waals surface area contributed by atoms with Gasteiger partial charge in [0.05, 0.1) is 19.8 Å². The van der Waals surface area contributed by atoms with E-state index in [9.17, 15) is 14.7 Å². The summed E-state index contributed by atoms with van der Waals surface area (Å²) in [6.07, 6.45) is 0. The van der Waals surface area contributed by atoms with Crippen molar-refractivity contribution in [1.29, 1.82) is 0 Å². The quantitative estimate of drug-likeness (QED) is 0.755. The van der Waals surface area contributed by atoms with Crippen LogP contribution in [-0.4, -0.2) is 66.6 Å². The highest BCUT2D eigenvalue weighted by Gasteiger charge is 2.20. The molecule has 1 aliphatic rings. The van der Waals surface area contributed by atoms with E-state index >= 15 is 0 Å². The lowest BCUT2D eigenvalue weighted by molar-refractivity contribution is -0.136. The summed E-state index contributed by atoms with van der Waals surface area (Å²) < 4.78 is 5.28. The van der Waals surface area contributed by atoms with E-state index in [4.69, 9.17) is 16.3 Å². The molecule has 0 atom stereocenters. The average molecular weight is 418 g/mol. The third-order valence-electron chi connectivity index (χ3n) is 4.69. The van der Waals surface area contributed by atoms with Crippen molar-refractivity contribution in [1.82, 2.24) is 9.80 Å². The highest BCUT2D eigenvalue weighted by molar-refractivity contribution is 6.31. The number of hydrogen-bond donors (Lipinski definition) is 2. The van der Waals surface area contributed by atoms with Crippen molar-refractivity contribution in [2.45, 2.75) is 6.54 Å². The summed E-state index contributed by atoms with van der Waals surface area (Å²) in [6.45, 7) is 2.98. The molecule has 8 heteroatoms. The van der Waals surface area contributed by atoms with Gasteiger partial charge in [-0.25, -0.2) is 0 Å². The number of likely N-dealkylation sites (N-methyl/N-ethyl adjacent to an activating group) is 1. The van der Waals surface area contributed by atoms with E-state index in [1.165, 1.54) is 12.1 Å². The number of rotatable bonds is 6. The first-order valence-corrected chi connectivity index (χ1v) is 9.73. The SMILES string of the molecule is CN(CC(=O)N1CCOCC1)Cc1c(Cl)cccc1NC(=O)c1ccc(O)cc1. The molecular formula is C21H24ClN3O4. The molecule has 0 spiro atoms. The van der Waals surface area contributed by atoms with Crippen LogP contribution in [0.1, 0.15) is 15.9 Å². The maximum atomic E-state index is 12.5. The summed E-state index contributed by atoms with van der Waals surface area (Å²) in [5, 5.41) is 12.8. The maximum absolute atomic E-state index is 12.5. The van der Waals surface area contributed by atoms with E-state index < -0.39 is 0 Å². The van der Waals surface area contributed by atoms with Crippen LogP contribution >= 0.6 is 11.6 Å². The van der Waals surface area contributed by atoms with Gasteiger partial charge in [0, 0.05) is 41.5 Å². The zero-order valence-corrected chi connectivity index (χ0v) is 17.0. The predicted molar refractivity (Wildman–Crippen MR) is 111 cm³/mol. The minimum absolute atomic E-state index is 0.0394. The number of phenols is 1. The Bertz CT molecular complexity index is 867. The van der Waals surface area contributed by atoms with Crippen molar-refractivity contribution in [2.75, 3.05) is 45.2 Å². The smallest absolute Gasteiger partial charge is 0.255 e. The Morgan fingerprint density at radius 2 is 1.86 bits per heavy atom. The molecule has 0 bridgehead atoms. The number of nitrogens with one attached hydrogen (secondary N) is 1. The molecule has 2 aromatic rings. The number of carbonyl (C=O) groups is 2. The molecule has 2 aromatic carbocycles. The highest BCUT2D eigenvalue weighted by Crippen LogP contribution is 2.26. The zero-order chi connectivity index (χ0) is 20.8. The van der Waals surface area contributed by atoms with Gasteiger partial charge in [0.15, 0.2) is 0 Å². The molecule has 0 saturated carbocycles. The van der Waals surface area contributed by atoms with Crippen LogP contribution in [0.3, 0.4) is 0 Å². The Balaban J connectivity index is 1.68. The van der Waals surface area contributed by atoms with Crippen LogP contribution in [0, 0.1) is 0 Å². The average Bonchev–Trinajstić information content (AvgIpc) is 2.71. The zero-order valence-electron chi connectivity index (χ0n) is 16.2. The van der Waals surface area contributed by atoms with Crippen LogP contribution in [0.4, 0.5) is 5.69 Å². The summed E-state index contributed by atoms with van der Waals surface area (Å²) in [4.78, 5) is 28.7. The second-order valence-corrected chi connectivity index (χ2v) is 7.34. The molecule has 3 rings (SSSR count). The Morgan fingerprint density at radius 3 is 2.55 bits per heavy atom. The third-order valence-corrected chi connectivity index (χ3v) is 5.05. The van der Waals surface area contributed by atoms with E-state index in [0.717, 1.165) is 5.56 Å².